The summed E-state index contributed by atoms with van der Waals surface area (Å²) in [6.45, 7) is 5.02. The van der Waals surface area contributed by atoms with E-state index in [9.17, 15) is 5.11 Å². The Labute approximate surface area is 168 Å². The average Bonchev–Trinajstić information content (AvgIpc) is 3.10. The lowest BCUT2D eigenvalue weighted by Crippen LogP contribution is -2.33. The first-order chi connectivity index (χ1) is 13.0. The molecule has 0 aliphatic heterocycles. The maximum atomic E-state index is 10.9. The molecule has 2 bridgehead atoms. The molecule has 2 aromatic carbocycles. The Morgan fingerprint density at radius 2 is 1.48 bits per heavy atom. The van der Waals surface area contributed by atoms with Crippen LogP contribution in [0.5, 0.6) is 0 Å². The maximum absolute atomic E-state index is 10.9. The second kappa shape index (κ2) is 7.64. The van der Waals surface area contributed by atoms with E-state index in [0.29, 0.717) is 16.1 Å². The van der Waals surface area contributed by atoms with E-state index in [0.717, 1.165) is 17.9 Å². The summed E-state index contributed by atoms with van der Waals surface area (Å²) < 4.78 is 0. The Morgan fingerprint density at radius 3 is 2.00 bits per heavy atom. The van der Waals surface area contributed by atoms with E-state index in [2.05, 4.69) is 55.9 Å². The van der Waals surface area contributed by atoms with Crippen LogP contribution < -0.4 is 0 Å². The number of aliphatic hydroxyl groups excluding tert-OH is 1. The third-order valence-corrected chi connectivity index (χ3v) is 9.27. The molecule has 2 saturated carbocycles. The lowest BCUT2D eigenvalue weighted by Gasteiger charge is -2.39. The molecular weight excluding hydrogens is 348 g/mol. The minimum atomic E-state index is -0.408. The van der Waals surface area contributed by atoms with Crippen LogP contribution in [0.25, 0.3) is 0 Å². The van der Waals surface area contributed by atoms with Gasteiger partial charge in [-0.25, -0.2) is 0 Å². The van der Waals surface area contributed by atoms with Crippen molar-refractivity contribution < 1.29 is 5.11 Å². The first-order valence-corrected chi connectivity index (χ1v) is 11.5. The number of benzene rings is 2. The number of fused-ring (bicyclic) bond motifs is 2. The van der Waals surface area contributed by atoms with Gasteiger partial charge in [-0.1, -0.05) is 74.5 Å². The van der Waals surface area contributed by atoms with Crippen molar-refractivity contribution in [2.75, 3.05) is 5.75 Å². The highest BCUT2D eigenvalue weighted by Crippen LogP contribution is 2.67. The highest BCUT2D eigenvalue weighted by atomic mass is 32.2. The monoisotopic (exact) mass is 380 g/mol. The van der Waals surface area contributed by atoms with Crippen molar-refractivity contribution in [3.8, 4) is 0 Å². The van der Waals surface area contributed by atoms with Gasteiger partial charge in [-0.15, -0.1) is 0 Å². The van der Waals surface area contributed by atoms with Crippen LogP contribution in [-0.2, 0) is 0 Å². The van der Waals surface area contributed by atoms with Crippen LogP contribution >= 0.6 is 11.8 Å². The summed E-state index contributed by atoms with van der Waals surface area (Å²) in [5, 5.41) is 11.2. The fourth-order valence-corrected chi connectivity index (χ4v) is 7.39. The summed E-state index contributed by atoms with van der Waals surface area (Å²) in [4.78, 5) is 0. The van der Waals surface area contributed by atoms with E-state index in [4.69, 9.17) is 0 Å². The van der Waals surface area contributed by atoms with Gasteiger partial charge in [0.2, 0.25) is 0 Å². The van der Waals surface area contributed by atoms with Crippen LogP contribution in [0, 0.1) is 16.7 Å². The molecule has 4 rings (SSSR count). The molecule has 2 aliphatic rings. The molecule has 0 aromatic heterocycles. The second-order valence-corrected chi connectivity index (χ2v) is 10.3. The number of thioether (sulfide) groups is 1. The van der Waals surface area contributed by atoms with E-state index >= 15 is 0 Å². The van der Waals surface area contributed by atoms with E-state index in [1.807, 2.05) is 30.3 Å². The van der Waals surface area contributed by atoms with E-state index in [1.54, 1.807) is 0 Å². The number of aliphatic hydroxyl groups is 1. The van der Waals surface area contributed by atoms with Gasteiger partial charge >= 0.3 is 0 Å². The van der Waals surface area contributed by atoms with Gasteiger partial charge in [0.05, 0.1) is 6.10 Å². The fraction of sp³-hybridized carbons (Fsp3) is 0.520. The molecule has 27 heavy (non-hydrogen) atoms. The van der Waals surface area contributed by atoms with Crippen molar-refractivity contribution in [2.45, 2.75) is 57.3 Å². The van der Waals surface area contributed by atoms with E-state index in [1.165, 1.54) is 37.0 Å². The van der Waals surface area contributed by atoms with Crippen LogP contribution in [0.4, 0.5) is 0 Å². The third kappa shape index (κ3) is 3.59. The van der Waals surface area contributed by atoms with Gasteiger partial charge < -0.3 is 5.11 Å². The molecule has 0 saturated heterocycles. The summed E-state index contributed by atoms with van der Waals surface area (Å²) in [7, 11) is 0. The van der Waals surface area contributed by atoms with Gasteiger partial charge in [0, 0.05) is 11.0 Å². The summed E-state index contributed by atoms with van der Waals surface area (Å²) in [5.74, 6) is 2.14. The summed E-state index contributed by atoms with van der Waals surface area (Å²) >= 11 is 2.09. The molecule has 2 heteroatoms. The van der Waals surface area contributed by atoms with E-state index < -0.39 is 6.10 Å². The Hall–Kier alpha value is -1.25. The Bertz CT molecular complexity index is 731. The van der Waals surface area contributed by atoms with Crippen LogP contribution in [-0.4, -0.2) is 10.9 Å². The quantitative estimate of drug-likeness (QED) is 0.570. The lowest BCUT2D eigenvalue weighted by molar-refractivity contribution is 0.156. The first-order valence-electron chi connectivity index (χ1n) is 10.4. The number of rotatable bonds is 7. The first kappa shape index (κ1) is 19.1. The second-order valence-electron chi connectivity index (χ2n) is 9.15. The molecule has 1 nitrogen and oxygen atoms in total. The molecule has 0 spiro atoms. The predicted octanol–water partition coefficient (Wildman–Crippen LogP) is 6.80. The van der Waals surface area contributed by atoms with Crippen LogP contribution in [0.3, 0.4) is 0 Å². The summed E-state index contributed by atoms with van der Waals surface area (Å²) in [5.41, 5.74) is 3.34. The van der Waals surface area contributed by atoms with Crippen molar-refractivity contribution >= 4 is 11.8 Å². The topological polar surface area (TPSA) is 20.2 Å². The zero-order valence-corrected chi connectivity index (χ0v) is 17.4. The largest absolute Gasteiger partial charge is 0.388 e. The molecule has 1 N–H and O–H groups in total. The zero-order chi connectivity index (χ0) is 18.9. The molecule has 2 aromatic rings. The smallest absolute Gasteiger partial charge is 0.0803 e. The van der Waals surface area contributed by atoms with Crippen LogP contribution in [0.2, 0.25) is 0 Å². The Morgan fingerprint density at radius 1 is 0.926 bits per heavy atom. The van der Waals surface area contributed by atoms with Gasteiger partial charge in [-0.2, -0.15) is 11.8 Å². The zero-order valence-electron chi connectivity index (χ0n) is 16.6. The molecule has 144 valence electrons. The van der Waals surface area contributed by atoms with Gasteiger partial charge in [0.15, 0.2) is 0 Å². The summed E-state index contributed by atoms with van der Waals surface area (Å²) in [6.07, 6.45) is 5.97. The molecule has 1 unspecified atom stereocenters. The SMILES string of the molecule is CC1(C)C2CCC1(CSC(C[C@@H](O)c1ccccc1)c1ccccc1)CC2. The molecule has 2 aliphatic carbocycles. The standard InChI is InChI=1S/C25H32OS/c1-24(2)21-13-15-25(24,16-14-21)18-27-23(20-11-7-4-8-12-20)17-22(26)19-9-5-3-6-10-19/h3-12,21-23,26H,13-18H2,1-2H3/t21?,22-,23?,25?/m1/s1. The average molecular weight is 381 g/mol. The highest BCUT2D eigenvalue weighted by molar-refractivity contribution is 7.99. The minimum Gasteiger partial charge on any atom is -0.388 e. The Kier molecular flexibility index (Phi) is 5.40. The molecule has 2 atom stereocenters. The predicted molar refractivity (Wildman–Crippen MR) is 116 cm³/mol. The van der Waals surface area contributed by atoms with Crippen LogP contribution in [0.1, 0.15) is 68.4 Å². The summed E-state index contributed by atoms with van der Waals surface area (Å²) in [6, 6.07) is 20.9. The molecule has 0 amide bonds. The van der Waals surface area contributed by atoms with Gasteiger partial charge in [0.1, 0.15) is 0 Å². The van der Waals surface area contributed by atoms with Crippen molar-refractivity contribution in [3.63, 3.8) is 0 Å². The third-order valence-electron chi connectivity index (χ3n) is 7.68. The van der Waals surface area contributed by atoms with Crippen LogP contribution in [0.15, 0.2) is 60.7 Å². The minimum absolute atomic E-state index is 0.339. The van der Waals surface area contributed by atoms with Gasteiger partial charge in [-0.05, 0) is 60.0 Å². The lowest BCUT2D eigenvalue weighted by atomic mass is 9.71. The molecule has 2 fully saturated rings. The molecule has 0 heterocycles. The fourth-order valence-electron chi connectivity index (χ4n) is 5.54. The van der Waals surface area contributed by atoms with Crippen molar-refractivity contribution in [1.82, 2.24) is 0 Å². The molecular formula is C25H32OS. The number of hydrogen-bond donors (Lipinski definition) is 1. The van der Waals surface area contributed by atoms with Gasteiger partial charge in [0.25, 0.3) is 0 Å². The van der Waals surface area contributed by atoms with Crippen molar-refractivity contribution in [1.29, 1.82) is 0 Å². The molecule has 0 radical (unpaired) electrons. The van der Waals surface area contributed by atoms with Gasteiger partial charge in [-0.3, -0.25) is 0 Å². The highest BCUT2D eigenvalue weighted by Gasteiger charge is 2.58. The van der Waals surface area contributed by atoms with E-state index in [-0.39, 0.29) is 0 Å². The van der Waals surface area contributed by atoms with Crippen molar-refractivity contribution in [2.24, 2.45) is 16.7 Å². The van der Waals surface area contributed by atoms with Crippen molar-refractivity contribution in [3.05, 3.63) is 71.8 Å². The maximum Gasteiger partial charge on any atom is 0.0803 e. The number of hydrogen-bond acceptors (Lipinski definition) is 2. The Balaban J connectivity index is 1.51. The normalized spacial score (nSPS) is 28.2.